The van der Waals surface area contributed by atoms with Crippen LogP contribution in [0.15, 0.2) is 10.9 Å². The van der Waals surface area contributed by atoms with E-state index in [9.17, 15) is 9.59 Å². The van der Waals surface area contributed by atoms with Crippen LogP contribution in [0, 0.1) is 17.8 Å². The Bertz CT molecular complexity index is 624. The summed E-state index contributed by atoms with van der Waals surface area (Å²) in [6, 6.07) is -0.166. The summed E-state index contributed by atoms with van der Waals surface area (Å²) < 4.78 is 11.8. The number of esters is 1. The van der Waals surface area contributed by atoms with Crippen molar-refractivity contribution >= 4 is 23.8 Å². The molecule has 1 aromatic rings. The Morgan fingerprint density at radius 2 is 2.26 bits per heavy atom. The summed E-state index contributed by atoms with van der Waals surface area (Å²) in [4.78, 5) is 23.4. The molecule has 1 aromatic heterocycles. The highest BCUT2D eigenvalue weighted by Gasteiger charge is 2.37. The molecule has 1 aliphatic carbocycles. The number of fused-ring (bicyclic) bond motifs is 1. The maximum Gasteiger partial charge on any atom is 0.323 e. The molecule has 2 aliphatic rings. The molecule has 0 spiro atoms. The molecule has 0 aromatic carbocycles. The Morgan fingerprint density at radius 3 is 3.00 bits per heavy atom. The minimum Gasteiger partial charge on any atom is -0.465 e. The highest BCUT2D eigenvalue weighted by Crippen LogP contribution is 2.39. The Morgan fingerprint density at radius 1 is 1.39 bits per heavy atom. The van der Waals surface area contributed by atoms with Gasteiger partial charge in [0, 0.05) is 11.7 Å². The number of carbonyl (C=O) groups is 1. The maximum atomic E-state index is 11.9. The number of hydrogen-bond donors (Lipinski definition) is 2. The van der Waals surface area contributed by atoms with Gasteiger partial charge in [-0.05, 0) is 63.0 Å². The van der Waals surface area contributed by atoms with Crippen molar-refractivity contribution in [2.75, 3.05) is 13.2 Å². The van der Waals surface area contributed by atoms with Crippen molar-refractivity contribution in [3.63, 3.8) is 0 Å². The molecule has 0 radical (unpaired) electrons. The SMILES string of the molecule is CCOC(=O)C1CC2CC(C=Cc3ns[nH]c3=O)CCC2CN1. The molecule has 23 heavy (non-hydrogen) atoms. The first-order valence-electron chi connectivity index (χ1n) is 8.30. The molecule has 1 saturated carbocycles. The number of piperidine rings is 1. The molecule has 2 fully saturated rings. The van der Waals surface area contributed by atoms with E-state index in [4.69, 9.17) is 4.74 Å². The molecule has 1 aliphatic heterocycles. The normalized spacial score (nSPS) is 31.0. The zero-order valence-electron chi connectivity index (χ0n) is 13.3. The largest absolute Gasteiger partial charge is 0.465 e. The highest BCUT2D eigenvalue weighted by molar-refractivity contribution is 6.99. The van der Waals surface area contributed by atoms with Gasteiger partial charge in [0.05, 0.1) is 6.61 Å². The average Bonchev–Trinajstić information content (AvgIpc) is 2.97. The van der Waals surface area contributed by atoms with E-state index in [0.717, 1.165) is 44.0 Å². The van der Waals surface area contributed by atoms with Gasteiger partial charge < -0.3 is 10.1 Å². The van der Waals surface area contributed by atoms with Crippen LogP contribution in [0.1, 0.15) is 38.3 Å². The molecule has 2 N–H and O–H groups in total. The van der Waals surface area contributed by atoms with Gasteiger partial charge in [-0.2, -0.15) is 4.37 Å². The molecular weight excluding hydrogens is 314 g/mol. The third-order valence-corrected chi connectivity index (χ3v) is 5.52. The minimum absolute atomic E-state index is 0.121. The lowest BCUT2D eigenvalue weighted by atomic mass is 9.69. The Labute approximate surface area is 139 Å². The van der Waals surface area contributed by atoms with Gasteiger partial charge in [-0.1, -0.05) is 6.08 Å². The lowest BCUT2D eigenvalue weighted by Gasteiger charge is -2.41. The van der Waals surface area contributed by atoms with Crippen LogP contribution >= 0.6 is 11.7 Å². The third-order valence-electron chi connectivity index (χ3n) is 4.96. The molecule has 4 atom stereocenters. The van der Waals surface area contributed by atoms with Crippen molar-refractivity contribution in [3.05, 3.63) is 22.1 Å². The fourth-order valence-corrected chi connectivity index (χ4v) is 4.21. The quantitative estimate of drug-likeness (QED) is 0.819. The summed E-state index contributed by atoms with van der Waals surface area (Å²) >= 11 is 1.08. The summed E-state index contributed by atoms with van der Waals surface area (Å²) in [6.45, 7) is 3.17. The number of hydrogen-bond acceptors (Lipinski definition) is 6. The van der Waals surface area contributed by atoms with E-state index in [0.29, 0.717) is 30.1 Å². The standard InChI is InChI=1S/C16H23N3O3S/c1-2-22-16(21)14-8-12-7-10(3-5-11(12)9-17-14)4-6-13-15(20)19-23-18-13/h4,6,10-12,14,17H,2-3,5,7-9H2,1H3,(H,19,20). The molecule has 0 bridgehead atoms. The van der Waals surface area contributed by atoms with Gasteiger partial charge in [-0.15, -0.1) is 0 Å². The van der Waals surface area contributed by atoms with Gasteiger partial charge in [-0.25, -0.2) is 0 Å². The van der Waals surface area contributed by atoms with Crippen LogP contribution in [-0.4, -0.2) is 33.9 Å². The predicted molar refractivity (Wildman–Crippen MR) is 89.1 cm³/mol. The van der Waals surface area contributed by atoms with Gasteiger partial charge in [0.15, 0.2) is 0 Å². The minimum atomic E-state index is -0.166. The molecule has 126 valence electrons. The number of H-pyrrole nitrogens is 1. The van der Waals surface area contributed by atoms with Crippen LogP contribution in [0.2, 0.25) is 0 Å². The van der Waals surface area contributed by atoms with Crippen LogP contribution in [-0.2, 0) is 9.53 Å². The van der Waals surface area contributed by atoms with Crippen molar-refractivity contribution < 1.29 is 9.53 Å². The zero-order valence-corrected chi connectivity index (χ0v) is 14.1. The highest BCUT2D eigenvalue weighted by atomic mass is 32.1. The third kappa shape index (κ3) is 3.90. The molecule has 0 amide bonds. The first-order valence-corrected chi connectivity index (χ1v) is 9.07. The Kier molecular flexibility index (Phi) is 5.27. The van der Waals surface area contributed by atoms with Gasteiger partial charge in [-0.3, -0.25) is 14.0 Å². The van der Waals surface area contributed by atoms with E-state index in [2.05, 4.69) is 20.1 Å². The topological polar surface area (TPSA) is 84.1 Å². The second-order valence-electron chi connectivity index (χ2n) is 6.40. The summed E-state index contributed by atoms with van der Waals surface area (Å²) in [7, 11) is 0. The predicted octanol–water partition coefficient (Wildman–Crippen LogP) is 1.80. The summed E-state index contributed by atoms with van der Waals surface area (Å²) in [5, 5.41) is 3.33. The van der Waals surface area contributed by atoms with E-state index in [1.165, 1.54) is 0 Å². The van der Waals surface area contributed by atoms with E-state index in [1.807, 2.05) is 13.0 Å². The van der Waals surface area contributed by atoms with Crippen molar-refractivity contribution in [1.29, 1.82) is 0 Å². The van der Waals surface area contributed by atoms with Crippen LogP contribution in [0.4, 0.5) is 0 Å². The summed E-state index contributed by atoms with van der Waals surface area (Å²) in [5.41, 5.74) is 0.371. The van der Waals surface area contributed by atoms with Crippen molar-refractivity contribution in [2.45, 2.75) is 38.6 Å². The number of nitrogens with one attached hydrogen (secondary N) is 2. The molecule has 2 heterocycles. The van der Waals surface area contributed by atoms with Gasteiger partial charge >= 0.3 is 5.97 Å². The Hall–Kier alpha value is -1.47. The van der Waals surface area contributed by atoms with Crippen molar-refractivity contribution in [3.8, 4) is 0 Å². The maximum absolute atomic E-state index is 11.9. The van der Waals surface area contributed by atoms with E-state index in [-0.39, 0.29) is 17.6 Å². The zero-order chi connectivity index (χ0) is 16.2. The number of rotatable bonds is 4. The molecule has 7 heteroatoms. The number of nitrogens with zero attached hydrogens (tertiary/aromatic N) is 1. The van der Waals surface area contributed by atoms with Crippen LogP contribution < -0.4 is 10.9 Å². The van der Waals surface area contributed by atoms with E-state index >= 15 is 0 Å². The summed E-state index contributed by atoms with van der Waals surface area (Å²) in [6.07, 6.45) is 8.17. The molecule has 3 rings (SSSR count). The lowest BCUT2D eigenvalue weighted by Crippen LogP contribution is -2.50. The lowest BCUT2D eigenvalue weighted by molar-refractivity contribution is -0.147. The van der Waals surface area contributed by atoms with Crippen LogP contribution in [0.5, 0.6) is 0 Å². The number of aromatic nitrogens is 2. The fourth-order valence-electron chi connectivity index (χ4n) is 3.74. The smallest absolute Gasteiger partial charge is 0.323 e. The van der Waals surface area contributed by atoms with Gasteiger partial charge in [0.25, 0.3) is 5.56 Å². The summed E-state index contributed by atoms with van der Waals surface area (Å²) in [5.74, 6) is 1.52. The van der Waals surface area contributed by atoms with Gasteiger partial charge in [0.1, 0.15) is 11.7 Å². The number of allylic oxidation sites excluding steroid dienone is 1. The second-order valence-corrected chi connectivity index (χ2v) is 6.97. The van der Waals surface area contributed by atoms with Crippen LogP contribution in [0.25, 0.3) is 6.08 Å². The van der Waals surface area contributed by atoms with Crippen molar-refractivity contribution in [1.82, 2.24) is 14.1 Å². The molecule has 6 nitrogen and oxygen atoms in total. The second kappa shape index (κ2) is 7.40. The van der Waals surface area contributed by atoms with E-state index < -0.39 is 0 Å². The van der Waals surface area contributed by atoms with Crippen LogP contribution in [0.3, 0.4) is 0 Å². The number of carbonyl (C=O) groups excluding carboxylic acids is 1. The Balaban J connectivity index is 1.59. The monoisotopic (exact) mass is 337 g/mol. The molecule has 1 saturated heterocycles. The number of ether oxygens (including phenoxy) is 1. The average molecular weight is 337 g/mol. The van der Waals surface area contributed by atoms with Gasteiger partial charge in [0.2, 0.25) is 0 Å². The number of aromatic amines is 1. The fraction of sp³-hybridized carbons (Fsp3) is 0.688. The van der Waals surface area contributed by atoms with E-state index in [1.54, 1.807) is 0 Å². The van der Waals surface area contributed by atoms with Crippen molar-refractivity contribution in [2.24, 2.45) is 17.8 Å². The first-order chi connectivity index (χ1) is 11.2. The first kappa shape index (κ1) is 16.4. The molecule has 4 unspecified atom stereocenters. The molecular formula is C16H23N3O3S.